The fraction of sp³-hybridized carbons (Fsp3) is 0.167. The summed E-state index contributed by atoms with van der Waals surface area (Å²) in [6.45, 7) is 3.96. The lowest BCUT2D eigenvalue weighted by atomic mass is 10.0. The lowest BCUT2D eigenvalue weighted by molar-refractivity contribution is 0.434. The summed E-state index contributed by atoms with van der Waals surface area (Å²) in [6.07, 6.45) is 1.42. The Morgan fingerprint density at radius 3 is 2.38 bits per heavy atom. The van der Waals surface area contributed by atoms with Gasteiger partial charge in [0.1, 0.15) is 5.69 Å². The fourth-order valence-electron chi connectivity index (χ4n) is 3.35. The fourth-order valence-corrected chi connectivity index (χ4v) is 4.26. The summed E-state index contributed by atoms with van der Waals surface area (Å²) in [7, 11) is 0. The van der Waals surface area contributed by atoms with Gasteiger partial charge in [-0.25, -0.2) is 14.4 Å². The SMILES string of the molecule is Cc1ccc(-c2nc(CCc3ccccc3)c(-c3cccc(F)c3O)nc2C)s1. The molecule has 2 aromatic heterocycles. The molecule has 1 N–H and O–H groups in total. The highest BCUT2D eigenvalue weighted by molar-refractivity contribution is 7.15. The second-order valence-electron chi connectivity index (χ2n) is 6.98. The molecule has 2 heterocycles. The molecule has 0 atom stereocenters. The number of halogens is 1. The predicted octanol–water partition coefficient (Wildman–Crippen LogP) is 6.12. The van der Waals surface area contributed by atoms with E-state index in [4.69, 9.17) is 9.97 Å². The average Bonchev–Trinajstić information content (AvgIpc) is 3.16. The Balaban J connectivity index is 1.82. The Morgan fingerprint density at radius 1 is 0.862 bits per heavy atom. The molecule has 0 amide bonds. The lowest BCUT2D eigenvalue weighted by Crippen LogP contribution is -2.05. The third-order valence-electron chi connectivity index (χ3n) is 4.85. The molecule has 0 aliphatic rings. The van der Waals surface area contributed by atoms with Crippen molar-refractivity contribution in [1.29, 1.82) is 0 Å². The second-order valence-corrected chi connectivity index (χ2v) is 8.27. The highest BCUT2D eigenvalue weighted by atomic mass is 32.1. The predicted molar refractivity (Wildman–Crippen MR) is 116 cm³/mol. The topological polar surface area (TPSA) is 46.0 Å². The monoisotopic (exact) mass is 404 g/mol. The van der Waals surface area contributed by atoms with Crippen LogP contribution in [0.2, 0.25) is 0 Å². The summed E-state index contributed by atoms with van der Waals surface area (Å²) >= 11 is 1.67. The maximum Gasteiger partial charge on any atom is 0.165 e. The molecule has 0 bridgehead atoms. The van der Waals surface area contributed by atoms with Crippen molar-refractivity contribution in [2.75, 3.05) is 0 Å². The van der Waals surface area contributed by atoms with Crippen LogP contribution in [0.3, 0.4) is 0 Å². The Bertz CT molecular complexity index is 1160. The molecule has 0 aliphatic carbocycles. The number of aromatic nitrogens is 2. The number of rotatable bonds is 5. The molecule has 0 saturated heterocycles. The Hall–Kier alpha value is -3.05. The van der Waals surface area contributed by atoms with Gasteiger partial charge in [-0.15, -0.1) is 11.3 Å². The van der Waals surface area contributed by atoms with Gasteiger partial charge in [-0.2, -0.15) is 0 Å². The van der Waals surface area contributed by atoms with Crippen LogP contribution in [0.4, 0.5) is 4.39 Å². The van der Waals surface area contributed by atoms with E-state index in [0.717, 1.165) is 28.4 Å². The van der Waals surface area contributed by atoms with Crippen molar-refractivity contribution >= 4 is 11.3 Å². The molecule has 2 aromatic carbocycles. The van der Waals surface area contributed by atoms with Gasteiger partial charge in [0.05, 0.1) is 22.0 Å². The molecule has 4 rings (SSSR count). The van der Waals surface area contributed by atoms with Gasteiger partial charge in [-0.1, -0.05) is 36.4 Å². The van der Waals surface area contributed by atoms with Crippen LogP contribution in [0.25, 0.3) is 21.8 Å². The van der Waals surface area contributed by atoms with Gasteiger partial charge < -0.3 is 5.11 Å². The first kappa shape index (κ1) is 19.3. The van der Waals surface area contributed by atoms with E-state index in [0.29, 0.717) is 17.7 Å². The molecule has 0 fully saturated rings. The first-order valence-corrected chi connectivity index (χ1v) is 10.3. The van der Waals surface area contributed by atoms with Crippen molar-refractivity contribution in [3.63, 3.8) is 0 Å². The minimum atomic E-state index is -0.658. The van der Waals surface area contributed by atoms with Crippen molar-refractivity contribution in [2.24, 2.45) is 0 Å². The number of thiophene rings is 1. The third-order valence-corrected chi connectivity index (χ3v) is 5.86. The Kier molecular flexibility index (Phi) is 5.41. The van der Waals surface area contributed by atoms with E-state index >= 15 is 0 Å². The van der Waals surface area contributed by atoms with E-state index in [1.54, 1.807) is 23.5 Å². The van der Waals surface area contributed by atoms with Crippen LogP contribution in [0.5, 0.6) is 5.75 Å². The van der Waals surface area contributed by atoms with Gasteiger partial charge >= 0.3 is 0 Å². The van der Waals surface area contributed by atoms with Crippen LogP contribution in [-0.4, -0.2) is 15.1 Å². The van der Waals surface area contributed by atoms with Crippen LogP contribution in [0.1, 0.15) is 21.8 Å². The molecule has 0 unspecified atom stereocenters. The number of hydrogen-bond donors (Lipinski definition) is 1. The molecule has 146 valence electrons. The Labute approximate surface area is 173 Å². The van der Waals surface area contributed by atoms with Crippen LogP contribution < -0.4 is 0 Å². The highest BCUT2D eigenvalue weighted by Crippen LogP contribution is 2.35. The van der Waals surface area contributed by atoms with Gasteiger partial charge in [0.15, 0.2) is 11.6 Å². The molecule has 4 aromatic rings. The number of aryl methyl sites for hydroxylation is 4. The summed E-state index contributed by atoms with van der Waals surface area (Å²) in [5.74, 6) is -1.05. The molecular formula is C24H21FN2OS. The Morgan fingerprint density at radius 2 is 1.66 bits per heavy atom. The normalized spacial score (nSPS) is 11.0. The molecule has 5 heteroatoms. The van der Waals surface area contributed by atoms with Crippen molar-refractivity contribution in [1.82, 2.24) is 9.97 Å². The minimum Gasteiger partial charge on any atom is -0.504 e. The maximum atomic E-state index is 14.0. The third kappa shape index (κ3) is 4.05. The molecular weight excluding hydrogens is 383 g/mol. The maximum absolute atomic E-state index is 14.0. The first-order valence-electron chi connectivity index (χ1n) is 9.49. The first-order chi connectivity index (χ1) is 14.0. The minimum absolute atomic E-state index is 0.373. The molecule has 0 aliphatic heterocycles. The van der Waals surface area contributed by atoms with Crippen molar-refractivity contribution in [2.45, 2.75) is 26.7 Å². The summed E-state index contributed by atoms with van der Waals surface area (Å²) in [5, 5.41) is 10.3. The van der Waals surface area contributed by atoms with Crippen LogP contribution in [0.15, 0.2) is 60.7 Å². The summed E-state index contributed by atoms with van der Waals surface area (Å²) in [6, 6.07) is 18.8. The van der Waals surface area contributed by atoms with Crippen molar-refractivity contribution < 1.29 is 9.50 Å². The molecule has 3 nitrogen and oxygen atoms in total. The average molecular weight is 405 g/mol. The number of benzene rings is 2. The number of nitrogens with zero attached hydrogens (tertiary/aromatic N) is 2. The standard InChI is InChI=1S/C24H21FN2OS/c1-15-11-14-21(29-15)22-16(2)26-23(18-9-6-10-19(25)24(18)28)20(27-22)13-12-17-7-4-3-5-8-17/h3-11,14,28H,12-13H2,1-2H3. The van der Waals surface area contributed by atoms with E-state index in [9.17, 15) is 9.50 Å². The van der Waals surface area contributed by atoms with Gasteiger partial charge in [0, 0.05) is 10.4 Å². The number of para-hydroxylation sites is 1. The number of phenols is 1. The highest BCUT2D eigenvalue weighted by Gasteiger charge is 2.19. The van der Waals surface area contributed by atoms with Crippen molar-refractivity contribution in [3.05, 3.63) is 88.3 Å². The molecule has 29 heavy (non-hydrogen) atoms. The van der Waals surface area contributed by atoms with Crippen LogP contribution >= 0.6 is 11.3 Å². The number of hydrogen-bond acceptors (Lipinski definition) is 4. The van der Waals surface area contributed by atoms with Gasteiger partial charge in [0.2, 0.25) is 0 Å². The smallest absolute Gasteiger partial charge is 0.165 e. The van der Waals surface area contributed by atoms with E-state index in [1.807, 2.05) is 25.1 Å². The zero-order valence-corrected chi connectivity index (χ0v) is 17.1. The summed E-state index contributed by atoms with van der Waals surface area (Å²) < 4.78 is 14.0. The van der Waals surface area contributed by atoms with Gasteiger partial charge in [-0.05, 0) is 56.5 Å². The zero-order valence-electron chi connectivity index (χ0n) is 16.3. The van der Waals surface area contributed by atoms with E-state index < -0.39 is 5.82 Å². The summed E-state index contributed by atoms with van der Waals surface area (Å²) in [5.41, 5.74) is 4.45. The van der Waals surface area contributed by atoms with Crippen LogP contribution in [0, 0.1) is 19.7 Å². The zero-order chi connectivity index (χ0) is 20.4. The molecule has 0 saturated carbocycles. The van der Waals surface area contributed by atoms with Gasteiger partial charge in [-0.3, -0.25) is 0 Å². The quantitative estimate of drug-likeness (QED) is 0.436. The van der Waals surface area contributed by atoms with Crippen LogP contribution in [-0.2, 0) is 12.8 Å². The van der Waals surface area contributed by atoms with Crippen molar-refractivity contribution in [3.8, 4) is 27.6 Å². The largest absolute Gasteiger partial charge is 0.504 e. The van der Waals surface area contributed by atoms with Gasteiger partial charge in [0.25, 0.3) is 0 Å². The number of aromatic hydroxyl groups is 1. The summed E-state index contributed by atoms with van der Waals surface area (Å²) in [4.78, 5) is 12.0. The van der Waals surface area contributed by atoms with E-state index in [2.05, 4.69) is 31.2 Å². The lowest BCUT2D eigenvalue weighted by Gasteiger charge is -2.14. The van der Waals surface area contributed by atoms with E-state index in [1.165, 1.54) is 16.5 Å². The molecule has 0 radical (unpaired) electrons. The number of phenolic OH excluding ortho intramolecular Hbond substituents is 1. The second kappa shape index (κ2) is 8.13. The molecule has 0 spiro atoms. The van der Waals surface area contributed by atoms with E-state index in [-0.39, 0.29) is 5.75 Å².